The zero-order chi connectivity index (χ0) is 12.6. The fourth-order valence-corrected chi connectivity index (χ4v) is 1.89. The summed E-state index contributed by atoms with van der Waals surface area (Å²) in [7, 11) is 0. The molecule has 7 heteroatoms. The van der Waals surface area contributed by atoms with Crippen LogP contribution in [0.3, 0.4) is 0 Å². The lowest BCUT2D eigenvalue weighted by atomic mass is 10.0. The maximum Gasteiger partial charge on any atom is 0.328 e. The first-order valence-corrected chi connectivity index (χ1v) is 4.95. The normalized spacial score (nSPS) is 26.3. The Hall–Kier alpha value is -1.76. The van der Waals surface area contributed by atoms with Gasteiger partial charge in [0.05, 0.1) is 18.6 Å². The zero-order valence-corrected chi connectivity index (χ0v) is 8.64. The van der Waals surface area contributed by atoms with E-state index in [1.807, 2.05) is 4.98 Å². The molecule has 1 aromatic heterocycles. The lowest BCUT2D eigenvalue weighted by Gasteiger charge is -2.23. The van der Waals surface area contributed by atoms with E-state index in [4.69, 9.17) is 5.11 Å². The smallest absolute Gasteiger partial charge is 0.328 e. The number of H-pyrrole nitrogens is 1. The summed E-state index contributed by atoms with van der Waals surface area (Å²) < 4.78 is 27.6. The number of aliphatic hydroxyl groups is 1. The molecule has 0 unspecified atom stereocenters. The molecule has 0 aromatic carbocycles. The van der Waals surface area contributed by atoms with Gasteiger partial charge in [-0.2, -0.15) is 0 Å². The van der Waals surface area contributed by atoms with Crippen molar-refractivity contribution >= 4 is 0 Å². The van der Waals surface area contributed by atoms with E-state index >= 15 is 0 Å². The van der Waals surface area contributed by atoms with Crippen LogP contribution in [0.25, 0.3) is 0 Å². The van der Waals surface area contributed by atoms with E-state index in [-0.39, 0.29) is 0 Å². The molecule has 0 spiro atoms. The summed E-state index contributed by atoms with van der Waals surface area (Å²) >= 11 is 0. The Morgan fingerprint density at radius 2 is 2.18 bits per heavy atom. The number of aromatic nitrogens is 2. The van der Waals surface area contributed by atoms with Gasteiger partial charge in [0.15, 0.2) is 0 Å². The molecule has 0 saturated heterocycles. The third kappa shape index (κ3) is 1.93. The molecular formula is C10H10F2N2O3. The van der Waals surface area contributed by atoms with Crippen molar-refractivity contribution < 1.29 is 13.9 Å². The maximum atomic E-state index is 13.3. The summed E-state index contributed by atoms with van der Waals surface area (Å²) in [5.41, 5.74) is -1.37. The summed E-state index contributed by atoms with van der Waals surface area (Å²) in [5, 5.41) is 8.97. The highest BCUT2D eigenvalue weighted by atomic mass is 19.3. The van der Waals surface area contributed by atoms with E-state index in [9.17, 15) is 18.4 Å². The second kappa shape index (κ2) is 3.92. The maximum absolute atomic E-state index is 13.3. The number of aliphatic hydroxyl groups excluding tert-OH is 1. The first kappa shape index (κ1) is 11.7. The van der Waals surface area contributed by atoms with Gasteiger partial charge in [-0.15, -0.1) is 0 Å². The minimum absolute atomic E-state index is 0.597. The van der Waals surface area contributed by atoms with Crippen LogP contribution in [0, 0.1) is 5.92 Å². The molecule has 0 amide bonds. The fraction of sp³-hybridized carbons (Fsp3) is 0.400. The first-order chi connectivity index (χ1) is 7.95. The van der Waals surface area contributed by atoms with Crippen molar-refractivity contribution in [2.24, 2.45) is 5.92 Å². The Balaban J connectivity index is 2.45. The van der Waals surface area contributed by atoms with Crippen molar-refractivity contribution in [1.29, 1.82) is 0 Å². The molecule has 1 aliphatic rings. The zero-order valence-electron chi connectivity index (χ0n) is 8.64. The van der Waals surface area contributed by atoms with Gasteiger partial charge < -0.3 is 5.11 Å². The lowest BCUT2D eigenvalue weighted by Crippen LogP contribution is -2.37. The van der Waals surface area contributed by atoms with Gasteiger partial charge in [0.25, 0.3) is 11.5 Å². The van der Waals surface area contributed by atoms with Crippen LogP contribution in [0.2, 0.25) is 0 Å². The quantitative estimate of drug-likeness (QED) is 0.713. The Bertz CT molecular complexity index is 561. The van der Waals surface area contributed by atoms with Crippen molar-refractivity contribution in [3.05, 3.63) is 45.3 Å². The number of halogens is 2. The van der Waals surface area contributed by atoms with E-state index in [0.717, 1.165) is 22.9 Å². The molecule has 5 nitrogen and oxygen atoms in total. The topological polar surface area (TPSA) is 75.1 Å². The first-order valence-electron chi connectivity index (χ1n) is 4.95. The van der Waals surface area contributed by atoms with Crippen LogP contribution >= 0.6 is 0 Å². The highest BCUT2D eigenvalue weighted by Crippen LogP contribution is 2.40. The highest BCUT2D eigenvalue weighted by Gasteiger charge is 2.46. The second-order valence-electron chi connectivity index (χ2n) is 3.83. The lowest BCUT2D eigenvalue weighted by molar-refractivity contribution is -0.0352. The summed E-state index contributed by atoms with van der Waals surface area (Å²) in [6.07, 6.45) is 2.96. The average molecular weight is 244 g/mol. The van der Waals surface area contributed by atoms with Crippen LogP contribution in [0.1, 0.15) is 6.04 Å². The number of aromatic amines is 1. The van der Waals surface area contributed by atoms with E-state index in [2.05, 4.69) is 0 Å². The minimum atomic E-state index is -3.16. The highest BCUT2D eigenvalue weighted by molar-refractivity contribution is 5.15. The van der Waals surface area contributed by atoms with E-state index in [0.29, 0.717) is 6.08 Å². The van der Waals surface area contributed by atoms with Crippen LogP contribution in [0.4, 0.5) is 8.78 Å². The standard InChI is InChI=1S/C10H10F2N2O3/c11-10(12)3-1-7(6(10)5-15)14-4-2-8(16)13-9(14)17/h1-4,6-7,15H,5H2,(H,13,16,17)/t6-,7-/m1/s1. The van der Waals surface area contributed by atoms with Crippen molar-refractivity contribution in [2.75, 3.05) is 6.61 Å². The number of nitrogens with one attached hydrogen (secondary N) is 1. The van der Waals surface area contributed by atoms with Crippen LogP contribution in [-0.2, 0) is 0 Å². The molecule has 0 bridgehead atoms. The van der Waals surface area contributed by atoms with Crippen LogP contribution in [-0.4, -0.2) is 27.2 Å². The Morgan fingerprint density at radius 3 is 2.76 bits per heavy atom. The molecule has 17 heavy (non-hydrogen) atoms. The third-order valence-electron chi connectivity index (χ3n) is 2.79. The van der Waals surface area contributed by atoms with Crippen LogP contribution in [0.5, 0.6) is 0 Å². The predicted octanol–water partition coefficient (Wildman–Crippen LogP) is -0.109. The van der Waals surface area contributed by atoms with E-state index < -0.39 is 35.7 Å². The molecule has 92 valence electrons. The molecule has 0 saturated carbocycles. The molecule has 2 atom stereocenters. The van der Waals surface area contributed by atoms with Gasteiger partial charge in [-0.3, -0.25) is 14.3 Å². The van der Waals surface area contributed by atoms with Crippen LogP contribution in [0.15, 0.2) is 34.0 Å². The predicted molar refractivity (Wildman–Crippen MR) is 55.0 cm³/mol. The molecule has 0 radical (unpaired) electrons. The largest absolute Gasteiger partial charge is 0.396 e. The van der Waals surface area contributed by atoms with Gasteiger partial charge in [-0.25, -0.2) is 13.6 Å². The monoisotopic (exact) mass is 244 g/mol. The number of alkyl halides is 2. The van der Waals surface area contributed by atoms with Gasteiger partial charge in [0.1, 0.15) is 0 Å². The van der Waals surface area contributed by atoms with Gasteiger partial charge in [0, 0.05) is 12.3 Å². The SMILES string of the molecule is O=c1ccn([C@@H]2C=CC(F)(F)[C@@H]2CO)c(=O)[nH]1. The summed E-state index contributed by atoms with van der Waals surface area (Å²) in [5.74, 6) is -4.55. The number of nitrogens with zero attached hydrogens (tertiary/aromatic N) is 1. The fourth-order valence-electron chi connectivity index (χ4n) is 1.89. The second-order valence-corrected chi connectivity index (χ2v) is 3.83. The summed E-state index contributed by atoms with van der Waals surface area (Å²) in [6, 6.07) is 0.111. The third-order valence-corrected chi connectivity index (χ3v) is 2.79. The van der Waals surface area contributed by atoms with Crippen molar-refractivity contribution in [2.45, 2.75) is 12.0 Å². The minimum Gasteiger partial charge on any atom is -0.396 e. The Kier molecular flexibility index (Phi) is 2.70. The van der Waals surface area contributed by atoms with Crippen molar-refractivity contribution in [3.8, 4) is 0 Å². The molecule has 1 aromatic rings. The van der Waals surface area contributed by atoms with Gasteiger partial charge >= 0.3 is 5.69 Å². The van der Waals surface area contributed by atoms with Gasteiger partial charge in [-0.05, 0) is 6.08 Å². The molecular weight excluding hydrogens is 234 g/mol. The van der Waals surface area contributed by atoms with E-state index in [1.54, 1.807) is 0 Å². The molecule has 0 fully saturated rings. The molecule has 1 aliphatic carbocycles. The molecule has 2 N–H and O–H groups in total. The van der Waals surface area contributed by atoms with E-state index in [1.165, 1.54) is 0 Å². The number of hydrogen-bond donors (Lipinski definition) is 2. The van der Waals surface area contributed by atoms with Gasteiger partial charge in [-0.1, -0.05) is 6.08 Å². The average Bonchev–Trinajstić information content (AvgIpc) is 2.53. The van der Waals surface area contributed by atoms with Crippen molar-refractivity contribution in [1.82, 2.24) is 9.55 Å². The number of hydrogen-bond acceptors (Lipinski definition) is 3. The molecule has 0 aliphatic heterocycles. The molecule has 2 rings (SSSR count). The van der Waals surface area contributed by atoms with Crippen molar-refractivity contribution in [3.63, 3.8) is 0 Å². The summed E-state index contributed by atoms with van der Waals surface area (Å²) in [6.45, 7) is -0.754. The van der Waals surface area contributed by atoms with Gasteiger partial charge in [0.2, 0.25) is 0 Å². The van der Waals surface area contributed by atoms with Crippen LogP contribution < -0.4 is 11.2 Å². The number of rotatable bonds is 2. The Morgan fingerprint density at radius 1 is 1.47 bits per heavy atom. The number of allylic oxidation sites excluding steroid dienone is 2. The summed E-state index contributed by atoms with van der Waals surface area (Å²) in [4.78, 5) is 24.3. The Labute approximate surface area is 94.0 Å². The molecule has 1 heterocycles.